The summed E-state index contributed by atoms with van der Waals surface area (Å²) in [7, 11) is -3.44. The standard InChI is InChI=1S/C14H21N3O2S2/c1-11-10-17(6-7-20-11)21(18,19)14-5-2-12(9-16-14)8-15-13-3-4-13/h2,5,9,11,13,15H,3-4,6-8,10H2,1H3. The monoisotopic (exact) mass is 327 g/mol. The number of hydrogen-bond acceptors (Lipinski definition) is 5. The topological polar surface area (TPSA) is 62.3 Å². The average Bonchev–Trinajstić information content (AvgIpc) is 3.30. The predicted octanol–water partition coefficient (Wildman–Crippen LogP) is 1.46. The normalized spacial score (nSPS) is 24.1. The molecule has 3 rings (SSSR count). The molecule has 1 aliphatic carbocycles. The van der Waals surface area contributed by atoms with Gasteiger partial charge in [-0.1, -0.05) is 13.0 Å². The molecular formula is C14H21N3O2S2. The zero-order valence-electron chi connectivity index (χ0n) is 12.2. The van der Waals surface area contributed by atoms with Crippen LogP contribution in [0.25, 0.3) is 0 Å². The third kappa shape index (κ3) is 3.77. The summed E-state index contributed by atoms with van der Waals surface area (Å²) in [5, 5.41) is 3.90. The molecule has 116 valence electrons. The van der Waals surface area contributed by atoms with Crippen LogP contribution in [0.5, 0.6) is 0 Å². The van der Waals surface area contributed by atoms with Gasteiger partial charge in [-0.3, -0.25) is 0 Å². The summed E-state index contributed by atoms with van der Waals surface area (Å²) in [5.74, 6) is 0.851. The third-order valence-corrected chi connectivity index (χ3v) is 6.70. The summed E-state index contributed by atoms with van der Waals surface area (Å²) < 4.78 is 26.7. The molecule has 2 fully saturated rings. The van der Waals surface area contributed by atoms with Crippen molar-refractivity contribution in [2.24, 2.45) is 0 Å². The van der Waals surface area contributed by atoms with E-state index < -0.39 is 10.0 Å². The van der Waals surface area contributed by atoms with Crippen LogP contribution in [0.4, 0.5) is 0 Å². The van der Waals surface area contributed by atoms with Crippen LogP contribution in [0.1, 0.15) is 25.3 Å². The van der Waals surface area contributed by atoms with E-state index in [1.165, 1.54) is 12.8 Å². The van der Waals surface area contributed by atoms with E-state index in [4.69, 9.17) is 0 Å². The van der Waals surface area contributed by atoms with Crippen molar-refractivity contribution in [3.63, 3.8) is 0 Å². The molecule has 1 atom stereocenters. The lowest BCUT2D eigenvalue weighted by Gasteiger charge is -2.29. The quantitative estimate of drug-likeness (QED) is 0.887. The molecule has 0 bridgehead atoms. The van der Waals surface area contributed by atoms with E-state index in [1.807, 2.05) is 17.8 Å². The Hall–Kier alpha value is -0.630. The maximum Gasteiger partial charge on any atom is 0.260 e. The van der Waals surface area contributed by atoms with Crippen LogP contribution in [0.15, 0.2) is 23.4 Å². The first-order valence-electron chi connectivity index (χ1n) is 7.36. The molecule has 2 aliphatic rings. The molecule has 21 heavy (non-hydrogen) atoms. The van der Waals surface area contributed by atoms with Gasteiger partial charge in [0.2, 0.25) is 0 Å². The van der Waals surface area contributed by atoms with Crippen LogP contribution in [0, 0.1) is 0 Å². The van der Waals surface area contributed by atoms with Crippen molar-refractivity contribution in [2.45, 2.75) is 42.6 Å². The van der Waals surface area contributed by atoms with E-state index in [0.717, 1.165) is 17.9 Å². The van der Waals surface area contributed by atoms with Crippen LogP contribution in [-0.4, -0.2) is 47.8 Å². The van der Waals surface area contributed by atoms with Gasteiger partial charge in [-0.05, 0) is 24.5 Å². The Balaban J connectivity index is 1.69. The summed E-state index contributed by atoms with van der Waals surface area (Å²) in [6.45, 7) is 3.96. The second-order valence-corrected chi connectivity index (χ2v) is 9.14. The number of nitrogens with zero attached hydrogens (tertiary/aromatic N) is 2. The Morgan fingerprint density at radius 1 is 1.43 bits per heavy atom. The highest BCUT2D eigenvalue weighted by molar-refractivity contribution is 8.00. The second-order valence-electron chi connectivity index (χ2n) is 5.70. The van der Waals surface area contributed by atoms with Gasteiger partial charge in [0.15, 0.2) is 5.03 Å². The summed E-state index contributed by atoms with van der Waals surface area (Å²) in [4.78, 5) is 4.17. The molecule has 0 spiro atoms. The smallest absolute Gasteiger partial charge is 0.260 e. The SMILES string of the molecule is CC1CN(S(=O)(=O)c2ccc(CNC3CC3)cn2)CCS1. The highest BCUT2D eigenvalue weighted by atomic mass is 32.2. The van der Waals surface area contributed by atoms with Gasteiger partial charge in [0.1, 0.15) is 0 Å². The van der Waals surface area contributed by atoms with E-state index in [9.17, 15) is 8.42 Å². The molecule has 1 aromatic heterocycles. The largest absolute Gasteiger partial charge is 0.310 e. The number of sulfonamides is 1. The number of nitrogens with one attached hydrogen (secondary N) is 1. The van der Waals surface area contributed by atoms with Gasteiger partial charge >= 0.3 is 0 Å². The molecule has 0 amide bonds. The van der Waals surface area contributed by atoms with Crippen LogP contribution in [0.2, 0.25) is 0 Å². The predicted molar refractivity (Wildman–Crippen MR) is 84.8 cm³/mol. The molecular weight excluding hydrogens is 306 g/mol. The summed E-state index contributed by atoms with van der Waals surface area (Å²) in [6, 6.07) is 4.13. The second kappa shape index (κ2) is 6.24. The van der Waals surface area contributed by atoms with Crippen molar-refractivity contribution < 1.29 is 8.42 Å². The van der Waals surface area contributed by atoms with E-state index in [2.05, 4.69) is 17.2 Å². The zero-order chi connectivity index (χ0) is 14.9. The summed E-state index contributed by atoms with van der Waals surface area (Å²) >= 11 is 1.82. The molecule has 1 aliphatic heterocycles. The maximum atomic E-state index is 12.6. The molecule has 7 heteroatoms. The zero-order valence-corrected chi connectivity index (χ0v) is 13.8. The lowest BCUT2D eigenvalue weighted by molar-refractivity contribution is 0.422. The molecule has 1 saturated carbocycles. The maximum absolute atomic E-state index is 12.6. The number of aromatic nitrogens is 1. The van der Waals surface area contributed by atoms with Gasteiger partial charge in [-0.2, -0.15) is 16.1 Å². The molecule has 1 N–H and O–H groups in total. The molecule has 2 heterocycles. The Morgan fingerprint density at radius 2 is 2.24 bits per heavy atom. The molecule has 0 aromatic carbocycles. The lowest BCUT2D eigenvalue weighted by atomic mass is 10.3. The number of pyridine rings is 1. The molecule has 0 radical (unpaired) electrons. The van der Waals surface area contributed by atoms with E-state index in [1.54, 1.807) is 16.6 Å². The lowest BCUT2D eigenvalue weighted by Crippen LogP contribution is -2.41. The Labute approximate surface area is 130 Å². The molecule has 1 aromatic rings. The minimum atomic E-state index is -3.44. The van der Waals surface area contributed by atoms with Crippen molar-refractivity contribution in [1.29, 1.82) is 0 Å². The first-order valence-corrected chi connectivity index (χ1v) is 9.84. The minimum absolute atomic E-state index is 0.164. The minimum Gasteiger partial charge on any atom is -0.310 e. The Bertz CT molecular complexity index is 585. The van der Waals surface area contributed by atoms with Crippen molar-refractivity contribution in [1.82, 2.24) is 14.6 Å². The first-order chi connectivity index (χ1) is 10.1. The van der Waals surface area contributed by atoms with Crippen molar-refractivity contribution in [3.05, 3.63) is 23.9 Å². The van der Waals surface area contributed by atoms with E-state index in [0.29, 0.717) is 24.4 Å². The highest BCUT2D eigenvalue weighted by Gasteiger charge is 2.29. The molecule has 1 saturated heterocycles. The number of hydrogen-bond donors (Lipinski definition) is 1. The van der Waals surface area contributed by atoms with Gasteiger partial charge < -0.3 is 5.32 Å². The fraction of sp³-hybridized carbons (Fsp3) is 0.643. The van der Waals surface area contributed by atoms with Crippen molar-refractivity contribution in [3.8, 4) is 0 Å². The van der Waals surface area contributed by atoms with Gasteiger partial charge in [-0.15, -0.1) is 0 Å². The van der Waals surface area contributed by atoms with Gasteiger partial charge in [0.25, 0.3) is 10.0 Å². The molecule has 5 nitrogen and oxygen atoms in total. The fourth-order valence-electron chi connectivity index (χ4n) is 2.35. The number of thioether (sulfide) groups is 1. The van der Waals surface area contributed by atoms with Crippen LogP contribution in [0.3, 0.4) is 0 Å². The first kappa shape index (κ1) is 15.3. The van der Waals surface area contributed by atoms with E-state index in [-0.39, 0.29) is 5.03 Å². The number of rotatable bonds is 5. The van der Waals surface area contributed by atoms with Gasteiger partial charge in [0, 0.05) is 42.9 Å². The van der Waals surface area contributed by atoms with E-state index >= 15 is 0 Å². The summed E-state index contributed by atoms with van der Waals surface area (Å²) in [5.41, 5.74) is 1.03. The van der Waals surface area contributed by atoms with Crippen molar-refractivity contribution in [2.75, 3.05) is 18.8 Å². The highest BCUT2D eigenvalue weighted by Crippen LogP contribution is 2.23. The Morgan fingerprint density at radius 3 is 2.86 bits per heavy atom. The third-order valence-electron chi connectivity index (χ3n) is 3.78. The van der Waals surface area contributed by atoms with Crippen LogP contribution < -0.4 is 5.32 Å². The van der Waals surface area contributed by atoms with Crippen LogP contribution in [-0.2, 0) is 16.6 Å². The van der Waals surface area contributed by atoms with Gasteiger partial charge in [0.05, 0.1) is 0 Å². The fourth-order valence-corrected chi connectivity index (χ4v) is 5.02. The van der Waals surface area contributed by atoms with Gasteiger partial charge in [-0.25, -0.2) is 13.4 Å². The Kier molecular flexibility index (Phi) is 4.54. The van der Waals surface area contributed by atoms with Crippen LogP contribution >= 0.6 is 11.8 Å². The van der Waals surface area contributed by atoms with Crippen molar-refractivity contribution >= 4 is 21.8 Å². The molecule has 1 unspecified atom stereocenters. The average molecular weight is 327 g/mol. The summed E-state index contributed by atoms with van der Waals surface area (Å²) in [6.07, 6.45) is 4.15.